The van der Waals surface area contributed by atoms with Crippen LogP contribution >= 0.6 is 0 Å². The van der Waals surface area contributed by atoms with Gasteiger partial charge in [-0.2, -0.15) is 0 Å². The van der Waals surface area contributed by atoms with E-state index in [0.29, 0.717) is 28.9 Å². The highest BCUT2D eigenvalue weighted by atomic mass is 19.1. The lowest BCUT2D eigenvalue weighted by molar-refractivity contribution is 0.0982. The van der Waals surface area contributed by atoms with Crippen LogP contribution in [0.5, 0.6) is 5.75 Å². The van der Waals surface area contributed by atoms with Crippen LogP contribution in [0.15, 0.2) is 36.4 Å². The number of primary amides is 1. The number of hydrogen-bond acceptors (Lipinski definition) is 3. The van der Waals surface area contributed by atoms with Crippen molar-refractivity contribution in [1.82, 2.24) is 0 Å². The second-order valence-corrected chi connectivity index (χ2v) is 5.71. The van der Waals surface area contributed by atoms with E-state index in [9.17, 15) is 14.0 Å². The van der Waals surface area contributed by atoms with Crippen LogP contribution in [-0.2, 0) is 6.61 Å². The zero-order valence-electron chi connectivity index (χ0n) is 12.6. The molecular formula is C18H16FNO3. The Morgan fingerprint density at radius 2 is 1.96 bits per heavy atom. The van der Waals surface area contributed by atoms with Gasteiger partial charge in [-0.15, -0.1) is 0 Å². The molecule has 118 valence electrons. The molecule has 0 heterocycles. The van der Waals surface area contributed by atoms with Crippen LogP contribution in [0.2, 0.25) is 0 Å². The van der Waals surface area contributed by atoms with E-state index < -0.39 is 5.91 Å². The van der Waals surface area contributed by atoms with Gasteiger partial charge in [-0.3, -0.25) is 9.59 Å². The largest absolute Gasteiger partial charge is 0.488 e. The molecule has 0 saturated carbocycles. The quantitative estimate of drug-likeness (QED) is 0.942. The van der Waals surface area contributed by atoms with E-state index in [4.69, 9.17) is 10.5 Å². The van der Waals surface area contributed by atoms with Crippen molar-refractivity contribution in [2.24, 2.45) is 5.73 Å². The Kier molecular flexibility index (Phi) is 3.86. The summed E-state index contributed by atoms with van der Waals surface area (Å²) >= 11 is 0. The third-order valence-corrected chi connectivity index (χ3v) is 4.05. The molecule has 1 aliphatic rings. The van der Waals surface area contributed by atoms with Crippen molar-refractivity contribution in [3.8, 4) is 5.75 Å². The number of fused-ring (bicyclic) bond motifs is 1. The molecule has 2 aromatic carbocycles. The number of hydrogen-bond donors (Lipinski definition) is 1. The molecule has 0 spiro atoms. The van der Waals surface area contributed by atoms with Crippen molar-refractivity contribution in [2.45, 2.75) is 25.9 Å². The molecule has 3 rings (SSSR count). The summed E-state index contributed by atoms with van der Waals surface area (Å²) in [4.78, 5) is 23.1. The summed E-state index contributed by atoms with van der Waals surface area (Å²) in [5.41, 5.74) is 7.23. The Labute approximate surface area is 133 Å². The lowest BCUT2D eigenvalue weighted by Gasteiger charge is -2.12. The normalized spacial score (nSPS) is 16.3. The Morgan fingerprint density at radius 3 is 2.61 bits per heavy atom. The first-order valence-electron chi connectivity index (χ1n) is 7.34. The average molecular weight is 313 g/mol. The average Bonchev–Trinajstić information content (AvgIpc) is 2.83. The highest BCUT2D eigenvalue weighted by Crippen LogP contribution is 2.39. The van der Waals surface area contributed by atoms with Crippen molar-refractivity contribution in [1.29, 1.82) is 0 Å². The summed E-state index contributed by atoms with van der Waals surface area (Å²) in [6.45, 7) is 2.05. The maximum atomic E-state index is 13.9. The van der Waals surface area contributed by atoms with Gasteiger partial charge in [-0.05, 0) is 35.7 Å². The van der Waals surface area contributed by atoms with Gasteiger partial charge in [-0.25, -0.2) is 4.39 Å². The number of benzene rings is 2. The van der Waals surface area contributed by atoms with Gasteiger partial charge in [0.25, 0.3) is 0 Å². The Balaban J connectivity index is 1.82. The number of carbonyl (C=O) groups is 2. The molecular weight excluding hydrogens is 297 g/mol. The number of rotatable bonds is 4. The molecule has 5 heteroatoms. The van der Waals surface area contributed by atoms with Crippen LogP contribution in [0.3, 0.4) is 0 Å². The van der Waals surface area contributed by atoms with Crippen molar-refractivity contribution >= 4 is 11.7 Å². The summed E-state index contributed by atoms with van der Waals surface area (Å²) in [6.07, 6.45) is 0.305. The first kappa shape index (κ1) is 15.2. The Morgan fingerprint density at radius 1 is 1.26 bits per heavy atom. The van der Waals surface area contributed by atoms with E-state index in [-0.39, 0.29) is 24.1 Å². The summed E-state index contributed by atoms with van der Waals surface area (Å²) in [6, 6.07) is 9.51. The van der Waals surface area contributed by atoms with Gasteiger partial charge in [0.1, 0.15) is 18.2 Å². The monoisotopic (exact) mass is 313 g/mol. The number of ketones is 1. The zero-order chi connectivity index (χ0) is 16.6. The first-order valence-corrected chi connectivity index (χ1v) is 7.34. The van der Waals surface area contributed by atoms with Gasteiger partial charge >= 0.3 is 0 Å². The molecule has 0 radical (unpaired) electrons. The molecule has 4 nitrogen and oxygen atoms in total. The van der Waals surface area contributed by atoms with Crippen molar-refractivity contribution in [3.63, 3.8) is 0 Å². The SMILES string of the molecule is C[C@H]1CC(=O)c2c(OCc3ccc(C(N)=O)cc3)ccc(F)c21. The highest BCUT2D eigenvalue weighted by molar-refractivity contribution is 6.03. The maximum Gasteiger partial charge on any atom is 0.248 e. The Hall–Kier alpha value is -2.69. The molecule has 2 N–H and O–H groups in total. The van der Waals surface area contributed by atoms with Crippen LogP contribution in [0.25, 0.3) is 0 Å². The van der Waals surface area contributed by atoms with E-state index in [1.165, 1.54) is 12.1 Å². The van der Waals surface area contributed by atoms with Gasteiger partial charge in [0.05, 0.1) is 5.56 Å². The fourth-order valence-corrected chi connectivity index (χ4v) is 2.87. The lowest BCUT2D eigenvalue weighted by atomic mass is 10.0. The second kappa shape index (κ2) is 5.83. The summed E-state index contributed by atoms with van der Waals surface area (Å²) in [5, 5.41) is 0. The van der Waals surface area contributed by atoms with E-state index in [1.54, 1.807) is 24.3 Å². The molecule has 1 aliphatic carbocycles. The molecule has 1 atom stereocenters. The highest BCUT2D eigenvalue weighted by Gasteiger charge is 2.32. The van der Waals surface area contributed by atoms with Gasteiger partial charge in [0, 0.05) is 17.5 Å². The third-order valence-electron chi connectivity index (χ3n) is 4.05. The third kappa shape index (κ3) is 2.82. The molecule has 2 aromatic rings. The van der Waals surface area contributed by atoms with Crippen LogP contribution in [0, 0.1) is 5.82 Å². The fraction of sp³-hybridized carbons (Fsp3) is 0.222. The first-order chi connectivity index (χ1) is 11.0. The molecule has 0 unspecified atom stereocenters. The van der Waals surface area contributed by atoms with Crippen LogP contribution in [-0.4, -0.2) is 11.7 Å². The maximum absolute atomic E-state index is 13.9. The van der Waals surface area contributed by atoms with Crippen molar-refractivity contribution < 1.29 is 18.7 Å². The molecule has 0 fully saturated rings. The van der Waals surface area contributed by atoms with Gasteiger partial charge in [0.15, 0.2) is 5.78 Å². The van der Waals surface area contributed by atoms with Crippen LogP contribution in [0.1, 0.15) is 51.1 Å². The molecule has 0 aromatic heterocycles. The summed E-state index contributed by atoms with van der Waals surface area (Å²) < 4.78 is 19.6. The number of ether oxygens (including phenoxy) is 1. The summed E-state index contributed by atoms with van der Waals surface area (Å²) in [5.74, 6) is -0.679. The van der Waals surface area contributed by atoms with Gasteiger partial charge in [-0.1, -0.05) is 19.1 Å². The number of carbonyl (C=O) groups excluding carboxylic acids is 2. The van der Waals surface area contributed by atoms with E-state index in [0.717, 1.165) is 5.56 Å². The smallest absolute Gasteiger partial charge is 0.248 e. The standard InChI is InChI=1S/C18H16FNO3/c1-10-8-14(21)17-15(7-6-13(19)16(10)17)23-9-11-2-4-12(5-3-11)18(20)22/h2-7,10H,8-9H2,1H3,(H2,20,22)/t10-/m0/s1. The number of amides is 1. The predicted molar refractivity (Wildman–Crippen MR) is 83.1 cm³/mol. The Bertz CT molecular complexity index is 784. The molecule has 1 amide bonds. The van der Waals surface area contributed by atoms with Crippen molar-refractivity contribution in [3.05, 3.63) is 64.5 Å². The van der Waals surface area contributed by atoms with Crippen LogP contribution in [0.4, 0.5) is 4.39 Å². The topological polar surface area (TPSA) is 69.4 Å². The number of halogens is 1. The minimum atomic E-state index is -0.492. The summed E-state index contributed by atoms with van der Waals surface area (Å²) in [7, 11) is 0. The van der Waals surface area contributed by atoms with E-state index in [1.807, 2.05) is 6.92 Å². The number of Topliss-reactive ketones (excluding diaryl/α,β-unsaturated/α-hetero) is 1. The second-order valence-electron chi connectivity index (χ2n) is 5.71. The molecule has 0 saturated heterocycles. The fourth-order valence-electron chi connectivity index (χ4n) is 2.87. The lowest BCUT2D eigenvalue weighted by Crippen LogP contribution is -2.10. The van der Waals surface area contributed by atoms with Crippen LogP contribution < -0.4 is 10.5 Å². The zero-order valence-corrected chi connectivity index (χ0v) is 12.6. The minimum Gasteiger partial charge on any atom is -0.488 e. The van der Waals surface area contributed by atoms with Gasteiger partial charge in [0.2, 0.25) is 5.91 Å². The number of nitrogens with two attached hydrogens (primary N) is 1. The molecule has 0 aliphatic heterocycles. The molecule has 0 bridgehead atoms. The van der Waals surface area contributed by atoms with Gasteiger partial charge < -0.3 is 10.5 Å². The minimum absolute atomic E-state index is 0.0916. The molecule has 23 heavy (non-hydrogen) atoms. The predicted octanol–water partition coefficient (Wildman–Crippen LogP) is 3.19. The van der Waals surface area contributed by atoms with E-state index in [2.05, 4.69) is 0 Å². The van der Waals surface area contributed by atoms with E-state index >= 15 is 0 Å². The van der Waals surface area contributed by atoms with Crippen molar-refractivity contribution in [2.75, 3.05) is 0 Å².